The molecule has 27 heavy (non-hydrogen) atoms. The zero-order valence-electron chi connectivity index (χ0n) is 13.6. The van der Waals surface area contributed by atoms with Crippen LogP contribution in [0.4, 0.5) is 5.69 Å². The fourth-order valence-corrected chi connectivity index (χ4v) is 3.08. The van der Waals surface area contributed by atoms with E-state index >= 15 is 0 Å². The molecule has 0 saturated heterocycles. The van der Waals surface area contributed by atoms with Crippen molar-refractivity contribution in [2.75, 3.05) is 5.32 Å². The van der Waals surface area contributed by atoms with Gasteiger partial charge in [-0.25, -0.2) is 9.50 Å². The molecule has 10 heteroatoms. The Hall–Kier alpha value is -2.61. The number of halogens is 3. The third-order valence-corrected chi connectivity index (χ3v) is 4.96. The summed E-state index contributed by atoms with van der Waals surface area (Å²) in [6.07, 6.45) is 4.72. The van der Waals surface area contributed by atoms with Crippen LogP contribution in [0.1, 0.15) is 5.69 Å². The summed E-state index contributed by atoms with van der Waals surface area (Å²) in [7, 11) is 0. The minimum Gasteiger partial charge on any atom is -0.378 e. The zero-order valence-corrected chi connectivity index (χ0v) is 15.9. The van der Waals surface area contributed by atoms with Gasteiger partial charge in [0.15, 0.2) is 5.65 Å². The van der Waals surface area contributed by atoms with E-state index in [0.29, 0.717) is 22.9 Å². The molecule has 3 aromatic heterocycles. The third-order valence-electron chi connectivity index (χ3n) is 3.90. The van der Waals surface area contributed by atoms with Gasteiger partial charge in [-0.15, -0.1) is 0 Å². The molecule has 0 atom stereocenters. The number of fused-ring (bicyclic) bond motifs is 1. The molecule has 0 bridgehead atoms. The molecule has 7 nitrogen and oxygen atoms in total. The number of nitrogens with one attached hydrogen (secondary N) is 1. The van der Waals surface area contributed by atoms with Crippen LogP contribution in [0.2, 0.25) is 15.1 Å². The van der Waals surface area contributed by atoms with E-state index in [0.717, 1.165) is 16.0 Å². The van der Waals surface area contributed by atoms with Gasteiger partial charge in [-0.1, -0.05) is 34.8 Å². The molecule has 1 aromatic carbocycles. The summed E-state index contributed by atoms with van der Waals surface area (Å²) in [6, 6.07) is 8.79. The lowest BCUT2D eigenvalue weighted by atomic mass is 10.2. The molecule has 136 valence electrons. The van der Waals surface area contributed by atoms with Gasteiger partial charge in [0, 0.05) is 12.3 Å². The Labute approximate surface area is 168 Å². The van der Waals surface area contributed by atoms with E-state index in [1.165, 1.54) is 6.20 Å². The molecule has 0 amide bonds. The molecule has 4 rings (SSSR count). The standard InChI is InChI=1S/C17H11Cl3N6O/c18-12-7-10(26-17(27)16(20)13(19)9-24-26)1-2-14(12)22-8-11-3-5-21-15-4-6-23-25(11)15/h1-7,9,22H,8H2. The molecule has 0 spiro atoms. The van der Waals surface area contributed by atoms with Gasteiger partial charge in [0.2, 0.25) is 0 Å². The smallest absolute Gasteiger partial charge is 0.291 e. The number of hydrogen-bond donors (Lipinski definition) is 1. The van der Waals surface area contributed by atoms with E-state index in [2.05, 4.69) is 20.5 Å². The van der Waals surface area contributed by atoms with Crippen molar-refractivity contribution in [3.05, 3.63) is 80.0 Å². The summed E-state index contributed by atoms with van der Waals surface area (Å²) >= 11 is 18.1. The highest BCUT2D eigenvalue weighted by atomic mass is 35.5. The number of nitrogens with zero attached hydrogens (tertiary/aromatic N) is 5. The molecule has 0 radical (unpaired) electrons. The van der Waals surface area contributed by atoms with Gasteiger partial charge in [-0.05, 0) is 24.3 Å². The number of aromatic nitrogens is 5. The van der Waals surface area contributed by atoms with Crippen LogP contribution < -0.4 is 10.9 Å². The Kier molecular flexibility index (Phi) is 4.73. The van der Waals surface area contributed by atoms with E-state index < -0.39 is 5.56 Å². The Morgan fingerprint density at radius 2 is 1.85 bits per heavy atom. The summed E-state index contributed by atoms with van der Waals surface area (Å²) in [5.74, 6) is 0. The van der Waals surface area contributed by atoms with Crippen molar-refractivity contribution in [1.82, 2.24) is 24.4 Å². The van der Waals surface area contributed by atoms with Crippen LogP contribution in [-0.2, 0) is 6.54 Å². The molecule has 0 aliphatic heterocycles. The highest BCUT2D eigenvalue weighted by Gasteiger charge is 2.11. The van der Waals surface area contributed by atoms with Crippen molar-refractivity contribution < 1.29 is 0 Å². The monoisotopic (exact) mass is 420 g/mol. The van der Waals surface area contributed by atoms with Crippen molar-refractivity contribution >= 4 is 46.1 Å². The van der Waals surface area contributed by atoms with E-state index in [-0.39, 0.29) is 10.0 Å². The van der Waals surface area contributed by atoms with Crippen LogP contribution in [0.5, 0.6) is 0 Å². The van der Waals surface area contributed by atoms with Gasteiger partial charge in [0.05, 0.1) is 46.1 Å². The van der Waals surface area contributed by atoms with Gasteiger partial charge in [-0.2, -0.15) is 14.9 Å². The Morgan fingerprint density at radius 1 is 1.00 bits per heavy atom. The average molecular weight is 422 g/mol. The van der Waals surface area contributed by atoms with Gasteiger partial charge in [0.25, 0.3) is 5.56 Å². The van der Waals surface area contributed by atoms with Crippen LogP contribution >= 0.6 is 34.8 Å². The molecule has 0 aliphatic carbocycles. The van der Waals surface area contributed by atoms with Gasteiger partial charge < -0.3 is 5.32 Å². The predicted octanol–water partition coefficient (Wildman–Crippen LogP) is 3.85. The lowest BCUT2D eigenvalue weighted by Gasteiger charge is -2.12. The maximum Gasteiger partial charge on any atom is 0.291 e. The summed E-state index contributed by atoms with van der Waals surface area (Å²) in [4.78, 5) is 16.4. The van der Waals surface area contributed by atoms with Crippen molar-refractivity contribution in [3.63, 3.8) is 0 Å². The zero-order chi connectivity index (χ0) is 19.0. The molecule has 0 fully saturated rings. The van der Waals surface area contributed by atoms with E-state index in [1.807, 2.05) is 12.1 Å². The second kappa shape index (κ2) is 7.19. The maximum absolute atomic E-state index is 12.2. The van der Waals surface area contributed by atoms with E-state index in [9.17, 15) is 4.79 Å². The summed E-state index contributed by atoms with van der Waals surface area (Å²) < 4.78 is 2.88. The molecule has 3 heterocycles. The molecule has 1 N–H and O–H groups in total. The fraction of sp³-hybridized carbons (Fsp3) is 0.0588. The third kappa shape index (κ3) is 3.37. The molecular weight excluding hydrogens is 411 g/mol. The van der Waals surface area contributed by atoms with E-state index in [4.69, 9.17) is 34.8 Å². The summed E-state index contributed by atoms with van der Waals surface area (Å²) in [5, 5.41) is 11.9. The fourth-order valence-electron chi connectivity index (χ4n) is 2.58. The van der Waals surface area contributed by atoms with Crippen molar-refractivity contribution in [3.8, 4) is 5.69 Å². The quantitative estimate of drug-likeness (QED) is 0.541. The highest BCUT2D eigenvalue weighted by Crippen LogP contribution is 2.25. The van der Waals surface area contributed by atoms with Crippen LogP contribution in [0.15, 0.2) is 53.7 Å². The van der Waals surface area contributed by atoms with Crippen LogP contribution in [0, 0.1) is 0 Å². The SMILES string of the molecule is O=c1c(Cl)c(Cl)cnn1-c1ccc(NCc2ccnc3ccnn23)c(Cl)c1. The molecular formula is C17H11Cl3N6O. The average Bonchev–Trinajstić information content (AvgIpc) is 3.15. The highest BCUT2D eigenvalue weighted by molar-refractivity contribution is 6.41. The Balaban J connectivity index is 1.60. The molecule has 0 unspecified atom stereocenters. The number of rotatable bonds is 4. The number of anilines is 1. The predicted molar refractivity (Wildman–Crippen MR) is 105 cm³/mol. The minimum absolute atomic E-state index is 0.0917. The first kappa shape index (κ1) is 17.8. The lowest BCUT2D eigenvalue weighted by Crippen LogP contribution is -2.21. The first-order valence-corrected chi connectivity index (χ1v) is 8.93. The second-order valence-electron chi connectivity index (χ2n) is 5.58. The Bertz CT molecular complexity index is 1200. The Morgan fingerprint density at radius 3 is 2.67 bits per heavy atom. The minimum atomic E-state index is -0.515. The van der Waals surface area contributed by atoms with Crippen molar-refractivity contribution in [2.45, 2.75) is 6.54 Å². The maximum atomic E-state index is 12.2. The largest absolute Gasteiger partial charge is 0.378 e. The van der Waals surface area contributed by atoms with E-state index in [1.54, 1.807) is 35.1 Å². The topological polar surface area (TPSA) is 77.1 Å². The van der Waals surface area contributed by atoms with Crippen molar-refractivity contribution in [2.24, 2.45) is 0 Å². The second-order valence-corrected chi connectivity index (χ2v) is 6.77. The summed E-state index contributed by atoms with van der Waals surface area (Å²) in [6.45, 7) is 0.491. The lowest BCUT2D eigenvalue weighted by molar-refractivity contribution is 0.807. The first-order chi connectivity index (χ1) is 13.0. The van der Waals surface area contributed by atoms with Gasteiger partial charge in [0.1, 0.15) is 5.02 Å². The van der Waals surface area contributed by atoms with Gasteiger partial charge in [-0.3, -0.25) is 4.79 Å². The van der Waals surface area contributed by atoms with Crippen LogP contribution in [-0.4, -0.2) is 24.4 Å². The van der Waals surface area contributed by atoms with Crippen LogP contribution in [0.3, 0.4) is 0 Å². The summed E-state index contributed by atoms with van der Waals surface area (Å²) in [5.41, 5.74) is 2.35. The first-order valence-electron chi connectivity index (χ1n) is 7.79. The molecule has 4 aromatic rings. The van der Waals surface area contributed by atoms with Gasteiger partial charge >= 0.3 is 0 Å². The van der Waals surface area contributed by atoms with Crippen LogP contribution in [0.25, 0.3) is 11.3 Å². The normalized spacial score (nSPS) is 11.1. The van der Waals surface area contributed by atoms with Crippen molar-refractivity contribution in [1.29, 1.82) is 0 Å². The molecule has 0 aliphatic rings. The number of hydrogen-bond acceptors (Lipinski definition) is 5. The number of benzene rings is 1. The molecule has 0 saturated carbocycles.